The molecule has 4 heterocycles. The zero-order chi connectivity index (χ0) is 22.9. The van der Waals surface area contributed by atoms with Crippen molar-refractivity contribution < 1.29 is 4.79 Å². The molecule has 2 aliphatic heterocycles. The minimum atomic E-state index is -0.0360. The van der Waals surface area contributed by atoms with E-state index in [1.165, 1.54) is 24.8 Å². The van der Waals surface area contributed by atoms with Crippen molar-refractivity contribution in [2.45, 2.75) is 52.0 Å². The van der Waals surface area contributed by atoms with Gasteiger partial charge >= 0.3 is 0 Å². The van der Waals surface area contributed by atoms with E-state index in [-0.39, 0.29) is 11.9 Å². The van der Waals surface area contributed by atoms with Crippen LogP contribution in [-0.4, -0.2) is 51.3 Å². The van der Waals surface area contributed by atoms with Crippen molar-refractivity contribution in [3.63, 3.8) is 0 Å². The van der Waals surface area contributed by atoms with Gasteiger partial charge in [0.15, 0.2) is 11.5 Å². The second-order valence-corrected chi connectivity index (χ2v) is 9.79. The highest BCUT2D eigenvalue weighted by atomic mass is 32.2. The number of benzene rings is 1. The van der Waals surface area contributed by atoms with Gasteiger partial charge in [0.1, 0.15) is 0 Å². The molecular formula is C25H32N6OS. The maximum Gasteiger partial charge on any atom is 0.256 e. The summed E-state index contributed by atoms with van der Waals surface area (Å²) in [4.78, 5) is 23.1. The fourth-order valence-corrected chi connectivity index (χ4v) is 5.49. The topological polar surface area (TPSA) is 65.8 Å². The fraction of sp³-hybridized carbons (Fsp3) is 0.480. The molecule has 0 saturated carbocycles. The molecule has 1 amide bonds. The number of likely N-dealkylation sites (tertiary alicyclic amines) is 1. The lowest BCUT2D eigenvalue weighted by molar-refractivity contribution is 0.0607. The highest BCUT2D eigenvalue weighted by molar-refractivity contribution is 7.99. The van der Waals surface area contributed by atoms with E-state index in [9.17, 15) is 4.79 Å². The third kappa shape index (κ3) is 4.28. The van der Waals surface area contributed by atoms with Gasteiger partial charge < -0.3 is 14.5 Å². The average molecular weight is 465 g/mol. The molecule has 7 nitrogen and oxygen atoms in total. The lowest BCUT2D eigenvalue weighted by atomic mass is 9.98. The Kier molecular flexibility index (Phi) is 6.19. The smallest absolute Gasteiger partial charge is 0.256 e. The van der Waals surface area contributed by atoms with E-state index in [4.69, 9.17) is 10.1 Å². The number of hydrogen-bond donors (Lipinski definition) is 1. The Labute approximate surface area is 199 Å². The summed E-state index contributed by atoms with van der Waals surface area (Å²) in [5, 5.41) is 4.91. The Morgan fingerprint density at radius 3 is 2.67 bits per heavy atom. The predicted molar refractivity (Wildman–Crippen MR) is 135 cm³/mol. The van der Waals surface area contributed by atoms with Gasteiger partial charge in [0.2, 0.25) is 0 Å². The molecule has 1 unspecified atom stereocenters. The number of hydrogen-bond acceptors (Lipinski definition) is 6. The number of piperidine rings is 1. The quantitative estimate of drug-likeness (QED) is 0.536. The second kappa shape index (κ2) is 9.25. The number of aryl methyl sites for hydroxylation is 2. The minimum absolute atomic E-state index is 0.0360. The number of carbonyl (C=O) groups is 1. The van der Waals surface area contributed by atoms with Crippen LogP contribution in [0.2, 0.25) is 0 Å². The van der Waals surface area contributed by atoms with Crippen LogP contribution in [0, 0.1) is 13.8 Å². The van der Waals surface area contributed by atoms with Gasteiger partial charge in [0.05, 0.1) is 29.2 Å². The van der Waals surface area contributed by atoms with Gasteiger partial charge in [0, 0.05) is 25.9 Å². The Morgan fingerprint density at radius 1 is 1.09 bits per heavy atom. The average Bonchev–Trinajstić information content (AvgIpc) is 3.49. The summed E-state index contributed by atoms with van der Waals surface area (Å²) < 4.78 is 5.18. The van der Waals surface area contributed by atoms with Crippen LogP contribution in [0.5, 0.6) is 0 Å². The zero-order valence-electron chi connectivity index (χ0n) is 19.7. The van der Waals surface area contributed by atoms with Gasteiger partial charge in [-0.3, -0.25) is 4.79 Å². The van der Waals surface area contributed by atoms with Gasteiger partial charge in [0.25, 0.3) is 5.91 Å². The molecule has 5 rings (SSSR count). The molecule has 2 saturated heterocycles. The van der Waals surface area contributed by atoms with Crippen LogP contribution in [0.25, 0.3) is 5.65 Å². The van der Waals surface area contributed by atoms with Crippen LogP contribution >= 0.6 is 11.9 Å². The summed E-state index contributed by atoms with van der Waals surface area (Å²) >= 11 is 1.50. The molecule has 3 aromatic rings. The van der Waals surface area contributed by atoms with E-state index < -0.39 is 0 Å². The van der Waals surface area contributed by atoms with Crippen LogP contribution < -0.4 is 9.62 Å². The number of aromatic nitrogens is 3. The van der Waals surface area contributed by atoms with Crippen molar-refractivity contribution in [2.75, 3.05) is 35.5 Å². The molecule has 0 spiro atoms. The van der Waals surface area contributed by atoms with Gasteiger partial charge in [-0.2, -0.15) is 0 Å². The van der Waals surface area contributed by atoms with Crippen LogP contribution in [0.15, 0.2) is 30.5 Å². The first-order valence-corrected chi connectivity index (χ1v) is 13.1. The third-order valence-corrected chi connectivity index (χ3v) is 7.19. The van der Waals surface area contributed by atoms with Gasteiger partial charge in [-0.15, -0.1) is 5.10 Å². The maximum absolute atomic E-state index is 13.7. The molecule has 2 fully saturated rings. The van der Waals surface area contributed by atoms with Gasteiger partial charge in [-0.25, -0.2) is 9.50 Å². The Bertz CT molecular complexity index is 1170. The van der Waals surface area contributed by atoms with Crippen LogP contribution in [0.4, 0.5) is 11.5 Å². The van der Waals surface area contributed by atoms with E-state index in [1.807, 2.05) is 47.0 Å². The Hall–Kier alpha value is -2.74. The number of fused-ring (bicyclic) bond motifs is 1. The zero-order valence-corrected chi connectivity index (χ0v) is 20.5. The van der Waals surface area contributed by atoms with Gasteiger partial charge in [-0.05, 0) is 69.7 Å². The molecule has 2 aliphatic rings. The van der Waals surface area contributed by atoms with Crippen molar-refractivity contribution in [2.24, 2.45) is 0 Å². The molecule has 0 radical (unpaired) electrons. The van der Waals surface area contributed by atoms with Crippen molar-refractivity contribution in [3.05, 3.63) is 52.8 Å². The predicted octanol–water partition coefficient (Wildman–Crippen LogP) is 5.00. The third-order valence-electron chi connectivity index (χ3n) is 6.76. The van der Waals surface area contributed by atoms with Crippen molar-refractivity contribution in [3.8, 4) is 0 Å². The molecule has 2 aromatic heterocycles. The summed E-state index contributed by atoms with van der Waals surface area (Å²) in [6.07, 6.45) is 9.48. The number of nitrogens with zero attached hydrogens (tertiary/aromatic N) is 5. The minimum Gasteiger partial charge on any atom is -0.355 e. The van der Waals surface area contributed by atoms with Crippen molar-refractivity contribution >= 4 is 35.0 Å². The number of nitrogens with one attached hydrogen (secondary N) is 1. The van der Waals surface area contributed by atoms with E-state index in [2.05, 4.69) is 22.6 Å². The van der Waals surface area contributed by atoms with Crippen molar-refractivity contribution in [1.82, 2.24) is 19.5 Å². The Morgan fingerprint density at radius 2 is 1.88 bits per heavy atom. The highest BCUT2D eigenvalue weighted by Gasteiger charge is 2.32. The highest BCUT2D eigenvalue weighted by Crippen LogP contribution is 2.34. The number of anilines is 2. The first-order chi connectivity index (χ1) is 16.0. The first-order valence-electron chi connectivity index (χ1n) is 11.9. The van der Waals surface area contributed by atoms with E-state index >= 15 is 0 Å². The molecule has 0 bridgehead atoms. The fourth-order valence-electron chi connectivity index (χ4n) is 5.09. The number of rotatable bonds is 5. The summed E-state index contributed by atoms with van der Waals surface area (Å²) in [6, 6.07) is 8.11. The summed E-state index contributed by atoms with van der Waals surface area (Å²) in [7, 11) is 0. The van der Waals surface area contributed by atoms with Gasteiger partial charge in [-0.1, -0.05) is 23.6 Å². The van der Waals surface area contributed by atoms with E-state index in [1.54, 1.807) is 0 Å². The molecule has 33 heavy (non-hydrogen) atoms. The molecular weight excluding hydrogens is 432 g/mol. The first kappa shape index (κ1) is 22.1. The largest absolute Gasteiger partial charge is 0.355 e. The molecule has 174 valence electrons. The van der Waals surface area contributed by atoms with Crippen LogP contribution in [-0.2, 0) is 0 Å². The normalized spacial score (nSPS) is 18.8. The second-order valence-electron chi connectivity index (χ2n) is 9.18. The monoisotopic (exact) mass is 464 g/mol. The van der Waals surface area contributed by atoms with Crippen molar-refractivity contribution in [1.29, 1.82) is 0 Å². The van der Waals surface area contributed by atoms with Crippen LogP contribution in [0.1, 0.15) is 65.3 Å². The lowest BCUT2D eigenvalue weighted by Crippen LogP contribution is -2.39. The van der Waals surface area contributed by atoms with Crippen LogP contribution in [0.3, 0.4) is 0 Å². The standard InChI is InChI=1S/C25H32N6OS/c1-17-9-10-20(28-33-3)19(14-17)25(32)30-13-5-4-8-22(30)21-16-31-23(26-21)15-18(2)24(27-31)29-11-6-7-12-29/h9-10,14-16,22,28H,4-8,11-13H2,1-3H3. The lowest BCUT2D eigenvalue weighted by Gasteiger charge is -2.35. The SMILES string of the molecule is CSNc1ccc(C)cc1C(=O)N1CCCCC1c1cn2nc(N3CCCC3)c(C)cc2n1. The molecule has 0 aliphatic carbocycles. The summed E-state index contributed by atoms with van der Waals surface area (Å²) in [5.41, 5.74) is 5.62. The molecule has 1 atom stereocenters. The number of amides is 1. The number of imidazole rings is 1. The molecule has 8 heteroatoms. The molecule has 1 aromatic carbocycles. The van der Waals surface area contributed by atoms with E-state index in [0.717, 1.165) is 78.4 Å². The molecule has 1 N–H and O–H groups in total. The van der Waals surface area contributed by atoms with E-state index in [0.29, 0.717) is 0 Å². The Balaban J connectivity index is 1.49. The summed E-state index contributed by atoms with van der Waals surface area (Å²) in [6.45, 7) is 7.02. The maximum atomic E-state index is 13.7. The number of carbonyl (C=O) groups excluding carboxylic acids is 1. The summed E-state index contributed by atoms with van der Waals surface area (Å²) in [5.74, 6) is 1.12.